The number of nitrogens with one attached hydrogen (secondary N) is 1. The third kappa shape index (κ3) is 4.53. The maximum atomic E-state index is 12.7. The smallest absolute Gasteiger partial charge is 0.274 e. The second-order valence-electron chi connectivity index (χ2n) is 6.83. The molecular formula is C22H23N5O. The van der Waals surface area contributed by atoms with Gasteiger partial charge in [0, 0.05) is 38.4 Å². The Morgan fingerprint density at radius 3 is 2.18 bits per heavy atom. The lowest BCUT2D eigenvalue weighted by Crippen LogP contribution is -2.48. The van der Waals surface area contributed by atoms with Gasteiger partial charge in [0.25, 0.3) is 5.91 Å². The van der Waals surface area contributed by atoms with Crippen molar-refractivity contribution in [1.82, 2.24) is 19.8 Å². The number of benzene rings is 2. The summed E-state index contributed by atoms with van der Waals surface area (Å²) in [4.78, 5) is 25.6. The van der Waals surface area contributed by atoms with Crippen LogP contribution in [-0.4, -0.2) is 51.9 Å². The van der Waals surface area contributed by atoms with Crippen molar-refractivity contribution in [1.29, 1.82) is 0 Å². The number of anilines is 2. The van der Waals surface area contributed by atoms with Crippen molar-refractivity contribution in [3.8, 4) is 0 Å². The first-order valence-corrected chi connectivity index (χ1v) is 9.47. The molecule has 6 heteroatoms. The van der Waals surface area contributed by atoms with E-state index in [-0.39, 0.29) is 5.91 Å². The number of piperazine rings is 1. The zero-order chi connectivity index (χ0) is 19.2. The first-order chi connectivity index (χ1) is 13.8. The van der Waals surface area contributed by atoms with E-state index in [4.69, 9.17) is 0 Å². The van der Waals surface area contributed by atoms with Crippen molar-refractivity contribution in [3.63, 3.8) is 0 Å². The van der Waals surface area contributed by atoms with Crippen LogP contribution >= 0.6 is 0 Å². The molecule has 1 saturated heterocycles. The summed E-state index contributed by atoms with van der Waals surface area (Å²) in [5.74, 6) is 0.563. The van der Waals surface area contributed by atoms with Gasteiger partial charge in [0.2, 0.25) is 0 Å². The molecular weight excluding hydrogens is 350 g/mol. The van der Waals surface area contributed by atoms with Crippen molar-refractivity contribution in [3.05, 3.63) is 84.3 Å². The van der Waals surface area contributed by atoms with Crippen molar-refractivity contribution in [2.45, 2.75) is 6.54 Å². The molecule has 1 N–H and O–H groups in total. The summed E-state index contributed by atoms with van der Waals surface area (Å²) in [5.41, 5.74) is 2.62. The van der Waals surface area contributed by atoms with Gasteiger partial charge >= 0.3 is 0 Å². The summed E-state index contributed by atoms with van der Waals surface area (Å²) in [6.07, 6.45) is 3.15. The number of aromatic nitrogens is 2. The zero-order valence-electron chi connectivity index (χ0n) is 15.7. The van der Waals surface area contributed by atoms with Crippen LogP contribution in [0.3, 0.4) is 0 Å². The molecule has 0 saturated carbocycles. The second kappa shape index (κ2) is 8.63. The van der Waals surface area contributed by atoms with Crippen LogP contribution in [-0.2, 0) is 6.54 Å². The number of amides is 1. The highest BCUT2D eigenvalue weighted by atomic mass is 16.2. The molecule has 2 heterocycles. The van der Waals surface area contributed by atoms with Crippen molar-refractivity contribution < 1.29 is 4.79 Å². The van der Waals surface area contributed by atoms with Crippen molar-refractivity contribution in [2.24, 2.45) is 0 Å². The summed E-state index contributed by atoms with van der Waals surface area (Å²) in [6.45, 7) is 4.06. The summed E-state index contributed by atoms with van der Waals surface area (Å²) in [7, 11) is 0. The Morgan fingerprint density at radius 1 is 0.857 bits per heavy atom. The highest BCUT2D eigenvalue weighted by Gasteiger charge is 2.23. The normalized spacial score (nSPS) is 14.6. The summed E-state index contributed by atoms with van der Waals surface area (Å²) >= 11 is 0. The number of hydrogen-bond donors (Lipinski definition) is 1. The lowest BCUT2D eigenvalue weighted by Gasteiger charge is -2.34. The average molecular weight is 373 g/mol. The van der Waals surface area contributed by atoms with Gasteiger partial charge in [0.05, 0.1) is 12.4 Å². The number of carbonyl (C=O) groups is 1. The third-order valence-electron chi connectivity index (χ3n) is 4.83. The minimum atomic E-state index is -0.0573. The molecule has 0 atom stereocenters. The Hall–Kier alpha value is -3.25. The molecule has 2 aromatic carbocycles. The maximum absolute atomic E-state index is 12.7. The topological polar surface area (TPSA) is 61.4 Å². The average Bonchev–Trinajstić information content (AvgIpc) is 2.76. The van der Waals surface area contributed by atoms with E-state index in [1.807, 2.05) is 41.3 Å². The molecule has 6 nitrogen and oxygen atoms in total. The van der Waals surface area contributed by atoms with E-state index >= 15 is 0 Å². The van der Waals surface area contributed by atoms with E-state index in [0.29, 0.717) is 24.6 Å². The molecule has 142 valence electrons. The van der Waals surface area contributed by atoms with E-state index in [0.717, 1.165) is 25.3 Å². The van der Waals surface area contributed by atoms with Crippen LogP contribution in [0.4, 0.5) is 11.5 Å². The van der Waals surface area contributed by atoms with Crippen LogP contribution in [0.2, 0.25) is 0 Å². The predicted octanol–water partition coefficient (Wildman–Crippen LogP) is 3.18. The van der Waals surface area contributed by atoms with Gasteiger partial charge in [-0.15, -0.1) is 0 Å². The molecule has 0 spiro atoms. The number of nitrogens with zero attached hydrogens (tertiary/aromatic N) is 4. The van der Waals surface area contributed by atoms with Gasteiger partial charge in [-0.05, 0) is 17.7 Å². The van der Waals surface area contributed by atoms with Crippen molar-refractivity contribution in [2.75, 3.05) is 31.5 Å². The van der Waals surface area contributed by atoms with Gasteiger partial charge in [-0.1, -0.05) is 48.5 Å². The van der Waals surface area contributed by atoms with Gasteiger partial charge < -0.3 is 10.2 Å². The van der Waals surface area contributed by atoms with Gasteiger partial charge in [0.15, 0.2) is 0 Å². The number of para-hydroxylation sites is 1. The minimum absolute atomic E-state index is 0.0573. The second-order valence-corrected chi connectivity index (χ2v) is 6.83. The molecule has 1 amide bonds. The molecule has 1 aliphatic rings. The SMILES string of the molecule is O=C(c1cnc(Nc2ccccc2)cn1)N1CCN(Cc2ccccc2)CC1. The van der Waals surface area contributed by atoms with E-state index in [1.54, 1.807) is 12.4 Å². The van der Waals surface area contributed by atoms with Crippen LogP contribution in [0.15, 0.2) is 73.1 Å². The number of hydrogen-bond acceptors (Lipinski definition) is 5. The summed E-state index contributed by atoms with van der Waals surface area (Å²) in [5, 5.41) is 3.17. The third-order valence-corrected chi connectivity index (χ3v) is 4.83. The van der Waals surface area contributed by atoms with Gasteiger partial charge in [0.1, 0.15) is 11.5 Å². The Morgan fingerprint density at radius 2 is 1.54 bits per heavy atom. The van der Waals surface area contributed by atoms with Crippen LogP contribution in [0, 0.1) is 0 Å². The molecule has 1 aromatic heterocycles. The van der Waals surface area contributed by atoms with E-state index in [1.165, 1.54) is 5.56 Å². The van der Waals surface area contributed by atoms with E-state index in [9.17, 15) is 4.79 Å². The summed E-state index contributed by atoms with van der Waals surface area (Å²) < 4.78 is 0. The standard InChI is InChI=1S/C22H23N5O/c28-22(20-15-24-21(16-23-20)25-19-9-5-2-6-10-19)27-13-11-26(12-14-27)17-18-7-3-1-4-8-18/h1-10,15-16H,11-14,17H2,(H,24,25). The highest BCUT2D eigenvalue weighted by molar-refractivity contribution is 5.92. The molecule has 0 aliphatic carbocycles. The minimum Gasteiger partial charge on any atom is -0.339 e. The monoisotopic (exact) mass is 373 g/mol. The molecule has 28 heavy (non-hydrogen) atoms. The lowest BCUT2D eigenvalue weighted by atomic mass is 10.2. The van der Waals surface area contributed by atoms with Crippen LogP contribution in [0.5, 0.6) is 0 Å². The highest BCUT2D eigenvalue weighted by Crippen LogP contribution is 2.14. The van der Waals surface area contributed by atoms with Gasteiger partial charge in [-0.2, -0.15) is 0 Å². The van der Waals surface area contributed by atoms with E-state index in [2.05, 4.69) is 44.5 Å². The molecule has 0 radical (unpaired) electrons. The Kier molecular flexibility index (Phi) is 5.58. The van der Waals surface area contributed by atoms with Crippen molar-refractivity contribution >= 4 is 17.4 Å². The Labute approximate surface area is 164 Å². The van der Waals surface area contributed by atoms with Crippen LogP contribution in [0.25, 0.3) is 0 Å². The van der Waals surface area contributed by atoms with Gasteiger partial charge in [-0.25, -0.2) is 9.97 Å². The molecule has 0 bridgehead atoms. The summed E-state index contributed by atoms with van der Waals surface area (Å²) in [6, 6.07) is 20.2. The quantitative estimate of drug-likeness (QED) is 0.744. The first-order valence-electron chi connectivity index (χ1n) is 9.47. The maximum Gasteiger partial charge on any atom is 0.274 e. The number of carbonyl (C=O) groups excluding carboxylic acids is 1. The Bertz CT molecular complexity index is 891. The lowest BCUT2D eigenvalue weighted by molar-refractivity contribution is 0.0622. The fraction of sp³-hybridized carbons (Fsp3) is 0.227. The predicted molar refractivity (Wildman–Crippen MR) is 109 cm³/mol. The van der Waals surface area contributed by atoms with Crippen LogP contribution < -0.4 is 5.32 Å². The van der Waals surface area contributed by atoms with Gasteiger partial charge in [-0.3, -0.25) is 9.69 Å². The first kappa shape index (κ1) is 18.1. The fourth-order valence-electron chi connectivity index (χ4n) is 3.29. The molecule has 0 unspecified atom stereocenters. The fourth-order valence-corrected chi connectivity index (χ4v) is 3.29. The zero-order valence-corrected chi connectivity index (χ0v) is 15.7. The van der Waals surface area contributed by atoms with Crippen LogP contribution in [0.1, 0.15) is 16.1 Å². The molecule has 4 rings (SSSR count). The number of rotatable bonds is 5. The van der Waals surface area contributed by atoms with E-state index < -0.39 is 0 Å². The molecule has 1 aliphatic heterocycles. The largest absolute Gasteiger partial charge is 0.339 e. The Balaban J connectivity index is 1.31. The molecule has 1 fully saturated rings. The molecule has 3 aromatic rings.